The van der Waals surface area contributed by atoms with Crippen molar-refractivity contribution in [3.8, 4) is 23.0 Å². The molecule has 0 saturated heterocycles. The van der Waals surface area contributed by atoms with Gasteiger partial charge in [-0.2, -0.15) is 0 Å². The summed E-state index contributed by atoms with van der Waals surface area (Å²) >= 11 is 0. The highest BCUT2D eigenvalue weighted by molar-refractivity contribution is 5.98. The van der Waals surface area contributed by atoms with E-state index in [0.29, 0.717) is 39.5 Å². The summed E-state index contributed by atoms with van der Waals surface area (Å²) in [5, 5.41) is 9.46. The predicted molar refractivity (Wildman–Crippen MR) is 196 cm³/mol. The number of ether oxygens (including phenoxy) is 4. The van der Waals surface area contributed by atoms with E-state index in [0.717, 1.165) is 109 Å². The van der Waals surface area contributed by atoms with Crippen molar-refractivity contribution in [2.45, 2.75) is 64.2 Å². The molecular weight excluding hydrogens is 572 g/mol. The lowest BCUT2D eigenvalue weighted by Gasteiger charge is -2.19. The molecule has 0 unspecified atom stereocenters. The molecule has 0 radical (unpaired) electrons. The first-order valence-electron chi connectivity index (χ1n) is 16.8. The van der Waals surface area contributed by atoms with Gasteiger partial charge in [0.25, 0.3) is 0 Å². The van der Waals surface area contributed by atoms with Crippen LogP contribution in [0.5, 0.6) is 23.0 Å². The molecule has 0 aromatic heterocycles. The Morgan fingerprint density at radius 2 is 0.978 bits per heavy atom. The fraction of sp³-hybridized carbons (Fsp3) is 0.400. The van der Waals surface area contributed by atoms with Crippen LogP contribution in [-0.2, 0) is 0 Å². The second-order valence-corrected chi connectivity index (χ2v) is 11.1. The molecule has 0 atom stereocenters. The van der Waals surface area contributed by atoms with Crippen LogP contribution in [0.2, 0.25) is 0 Å². The van der Waals surface area contributed by atoms with Crippen molar-refractivity contribution < 1.29 is 18.9 Å². The summed E-state index contributed by atoms with van der Waals surface area (Å²) in [6.45, 7) is 19.1. The van der Waals surface area contributed by atoms with Crippen molar-refractivity contribution in [3.05, 3.63) is 99.2 Å². The lowest BCUT2D eigenvalue weighted by molar-refractivity contribution is 0.295. The molecule has 3 rings (SSSR count). The van der Waals surface area contributed by atoms with Gasteiger partial charge in [-0.3, -0.25) is 0 Å². The van der Waals surface area contributed by atoms with E-state index >= 15 is 0 Å². The summed E-state index contributed by atoms with van der Waals surface area (Å²) in [4.78, 5) is 0. The number of anilines is 2. The average Bonchev–Trinajstić information content (AvgIpc) is 3.07. The summed E-state index contributed by atoms with van der Waals surface area (Å²) in [7, 11) is 0. The molecule has 3 aromatic rings. The minimum Gasteiger partial charge on any atom is -0.494 e. The van der Waals surface area contributed by atoms with Gasteiger partial charge >= 0.3 is 0 Å². The van der Waals surface area contributed by atoms with E-state index in [4.69, 9.17) is 18.9 Å². The van der Waals surface area contributed by atoms with E-state index in [1.807, 2.05) is 54.6 Å². The average molecular weight is 627 g/mol. The van der Waals surface area contributed by atoms with Crippen molar-refractivity contribution >= 4 is 22.1 Å². The monoisotopic (exact) mass is 626 g/mol. The second-order valence-electron chi connectivity index (χ2n) is 11.1. The highest BCUT2D eigenvalue weighted by Crippen LogP contribution is 2.37. The Bertz CT molecular complexity index is 1310. The van der Waals surface area contributed by atoms with Crippen LogP contribution in [0.3, 0.4) is 0 Å². The minimum absolute atomic E-state index is 0.618. The van der Waals surface area contributed by atoms with Gasteiger partial charge in [-0.1, -0.05) is 42.5 Å². The highest BCUT2D eigenvalue weighted by Gasteiger charge is 2.13. The molecule has 2 N–H and O–H groups in total. The van der Waals surface area contributed by atoms with Gasteiger partial charge in [0.05, 0.1) is 32.1 Å². The van der Waals surface area contributed by atoms with Crippen LogP contribution in [-0.4, -0.2) is 39.5 Å². The third kappa shape index (κ3) is 12.6. The summed E-state index contributed by atoms with van der Waals surface area (Å²) in [5.41, 5.74) is 1.84. The van der Waals surface area contributed by atoms with Gasteiger partial charge in [-0.15, -0.1) is 26.3 Å². The molecule has 6 heteroatoms. The fourth-order valence-electron chi connectivity index (χ4n) is 4.95. The van der Waals surface area contributed by atoms with Crippen LogP contribution in [0.25, 0.3) is 10.8 Å². The van der Waals surface area contributed by atoms with Crippen LogP contribution >= 0.6 is 0 Å². The predicted octanol–water partition coefficient (Wildman–Crippen LogP) is 10.5. The molecule has 0 aliphatic carbocycles. The molecule has 0 amide bonds. The Hall–Kier alpha value is -4.32. The van der Waals surface area contributed by atoms with E-state index in [1.54, 1.807) is 0 Å². The number of fused-ring (bicyclic) bond motifs is 1. The Balaban J connectivity index is 1.75. The Morgan fingerprint density at radius 1 is 0.500 bits per heavy atom. The summed E-state index contributed by atoms with van der Waals surface area (Å²) in [5.74, 6) is 3.27. The van der Waals surface area contributed by atoms with Crippen molar-refractivity contribution in [1.29, 1.82) is 0 Å². The molecule has 3 aromatic carbocycles. The molecule has 0 fully saturated rings. The topological polar surface area (TPSA) is 61.0 Å². The van der Waals surface area contributed by atoms with E-state index in [1.165, 1.54) is 0 Å². The van der Waals surface area contributed by atoms with Crippen LogP contribution in [0.15, 0.2) is 99.2 Å². The van der Waals surface area contributed by atoms with Crippen LogP contribution in [0.1, 0.15) is 64.2 Å². The zero-order chi connectivity index (χ0) is 32.7. The lowest BCUT2D eigenvalue weighted by atomic mass is 10.1. The maximum Gasteiger partial charge on any atom is 0.146 e. The summed E-state index contributed by atoms with van der Waals surface area (Å²) in [6.07, 6.45) is 17.5. The maximum atomic E-state index is 6.26. The van der Waals surface area contributed by atoms with E-state index in [2.05, 4.69) is 55.1 Å². The first-order chi connectivity index (χ1) is 22.7. The molecule has 0 bridgehead atoms. The van der Waals surface area contributed by atoms with Crippen LogP contribution < -0.4 is 29.6 Å². The lowest BCUT2D eigenvalue weighted by Crippen LogP contribution is -2.16. The zero-order valence-electron chi connectivity index (χ0n) is 27.7. The van der Waals surface area contributed by atoms with E-state index < -0.39 is 0 Å². The molecule has 0 aliphatic heterocycles. The molecule has 0 aliphatic rings. The number of benzene rings is 3. The first kappa shape index (κ1) is 36.2. The van der Waals surface area contributed by atoms with E-state index in [-0.39, 0.29) is 0 Å². The SMILES string of the molecule is C=CCCCCOc1cccc(OCCCCC=C)c1NCCNc1c(OCCCC=C)ccc2ccc(OCCCC=C)cc12. The standard InChI is InChI=1S/C40H54N2O4/c1-5-9-13-17-30-44-36-20-19-21-37(45-31-18-14-10-6-2)40(36)42-27-26-41-39-35-32-34(43-28-15-11-7-3)24-22-33(35)23-25-38(39)46-29-16-12-8-4/h5-8,19-25,32,41-42H,1-4,9-18,26-31H2. The molecule has 0 saturated carbocycles. The largest absolute Gasteiger partial charge is 0.494 e. The summed E-state index contributed by atoms with van der Waals surface area (Å²) in [6, 6.07) is 16.4. The Kier molecular flexibility index (Phi) is 17.5. The molecule has 46 heavy (non-hydrogen) atoms. The molecule has 0 spiro atoms. The quantitative estimate of drug-likeness (QED) is 0.0648. The minimum atomic E-state index is 0.618. The maximum absolute atomic E-state index is 6.26. The van der Waals surface area contributed by atoms with Gasteiger partial charge in [0.15, 0.2) is 0 Å². The van der Waals surface area contributed by atoms with Gasteiger partial charge in [-0.05, 0) is 99.9 Å². The Labute approximate surface area is 277 Å². The van der Waals surface area contributed by atoms with Gasteiger partial charge in [0.2, 0.25) is 0 Å². The smallest absolute Gasteiger partial charge is 0.146 e. The van der Waals surface area contributed by atoms with Crippen molar-refractivity contribution in [2.75, 3.05) is 50.2 Å². The summed E-state index contributed by atoms with van der Waals surface area (Å²) < 4.78 is 24.8. The molecule has 248 valence electrons. The van der Waals surface area contributed by atoms with E-state index in [9.17, 15) is 0 Å². The number of rotatable bonds is 27. The fourth-order valence-corrected chi connectivity index (χ4v) is 4.95. The number of hydrogen-bond donors (Lipinski definition) is 2. The molecule has 6 nitrogen and oxygen atoms in total. The van der Waals surface area contributed by atoms with Crippen molar-refractivity contribution in [1.82, 2.24) is 0 Å². The number of nitrogens with one attached hydrogen (secondary N) is 2. The van der Waals surface area contributed by atoms with Gasteiger partial charge in [-0.25, -0.2) is 0 Å². The van der Waals surface area contributed by atoms with Gasteiger partial charge < -0.3 is 29.6 Å². The first-order valence-corrected chi connectivity index (χ1v) is 16.8. The third-order valence-corrected chi connectivity index (χ3v) is 7.42. The normalized spacial score (nSPS) is 10.6. The number of unbranched alkanes of at least 4 members (excludes halogenated alkanes) is 6. The van der Waals surface area contributed by atoms with Gasteiger partial charge in [0.1, 0.15) is 28.7 Å². The molecule has 0 heterocycles. The van der Waals surface area contributed by atoms with Crippen LogP contribution in [0.4, 0.5) is 11.4 Å². The van der Waals surface area contributed by atoms with Crippen molar-refractivity contribution in [3.63, 3.8) is 0 Å². The highest BCUT2D eigenvalue weighted by atomic mass is 16.5. The molecular formula is C40H54N2O4. The van der Waals surface area contributed by atoms with Crippen molar-refractivity contribution in [2.24, 2.45) is 0 Å². The Morgan fingerprint density at radius 3 is 1.57 bits per heavy atom. The zero-order valence-corrected chi connectivity index (χ0v) is 27.7. The number of hydrogen-bond acceptors (Lipinski definition) is 6. The van der Waals surface area contributed by atoms with Gasteiger partial charge in [0, 0.05) is 18.5 Å². The number of allylic oxidation sites excluding steroid dienone is 4. The third-order valence-electron chi connectivity index (χ3n) is 7.42. The second kappa shape index (κ2) is 22.2. The van der Waals surface area contributed by atoms with Crippen LogP contribution in [0, 0.1) is 0 Å². The number of para-hydroxylation sites is 1.